The van der Waals surface area contributed by atoms with Crippen LogP contribution in [0.5, 0.6) is 0 Å². The number of piperazine rings is 1. The van der Waals surface area contributed by atoms with Gasteiger partial charge in [-0.25, -0.2) is 4.39 Å². The lowest BCUT2D eigenvalue weighted by molar-refractivity contribution is -0.123. The third-order valence-corrected chi connectivity index (χ3v) is 3.95. The Morgan fingerprint density at radius 2 is 2.32 bits per heavy atom. The van der Waals surface area contributed by atoms with E-state index in [-0.39, 0.29) is 36.2 Å². The van der Waals surface area contributed by atoms with Crippen molar-refractivity contribution in [3.05, 3.63) is 35.6 Å². The van der Waals surface area contributed by atoms with Crippen molar-refractivity contribution in [3.63, 3.8) is 0 Å². The van der Waals surface area contributed by atoms with Gasteiger partial charge in [-0.3, -0.25) is 9.69 Å². The third kappa shape index (κ3) is 5.23. The summed E-state index contributed by atoms with van der Waals surface area (Å²) < 4.78 is 13.4. The van der Waals surface area contributed by atoms with Crippen LogP contribution in [-0.2, 0) is 4.79 Å². The van der Waals surface area contributed by atoms with E-state index in [2.05, 4.69) is 15.5 Å². The van der Waals surface area contributed by atoms with Crippen LogP contribution in [0.3, 0.4) is 0 Å². The molecule has 1 saturated heterocycles. The summed E-state index contributed by atoms with van der Waals surface area (Å²) in [6.45, 7) is 6.77. The topological polar surface area (TPSA) is 44.4 Å². The number of amides is 1. The van der Waals surface area contributed by atoms with E-state index < -0.39 is 0 Å². The molecule has 0 aromatic heterocycles. The van der Waals surface area contributed by atoms with Gasteiger partial charge in [0.05, 0.1) is 6.54 Å². The van der Waals surface area contributed by atoms with Crippen LogP contribution in [0.25, 0.3) is 0 Å². The van der Waals surface area contributed by atoms with E-state index in [4.69, 9.17) is 0 Å². The second-order valence-corrected chi connectivity index (χ2v) is 5.62. The lowest BCUT2D eigenvalue weighted by Gasteiger charge is -2.36. The van der Waals surface area contributed by atoms with Crippen LogP contribution in [0.2, 0.25) is 0 Å². The molecule has 0 bridgehead atoms. The van der Waals surface area contributed by atoms with Crippen molar-refractivity contribution in [1.82, 2.24) is 15.5 Å². The second-order valence-electron chi connectivity index (χ2n) is 5.62. The number of carbonyl (C=O) groups is 1. The molecule has 2 atom stereocenters. The predicted octanol–water partition coefficient (Wildman–Crippen LogP) is 2.11. The quantitative estimate of drug-likeness (QED) is 0.869. The number of nitrogens with one attached hydrogen (secondary N) is 2. The first-order chi connectivity index (χ1) is 10.1. The first-order valence-electron chi connectivity index (χ1n) is 7.59. The Kier molecular flexibility index (Phi) is 7.79. The first kappa shape index (κ1) is 18.9. The van der Waals surface area contributed by atoms with Crippen molar-refractivity contribution in [2.75, 3.05) is 26.2 Å². The maximum Gasteiger partial charge on any atom is 0.234 e. The zero-order valence-corrected chi connectivity index (χ0v) is 14.0. The molecule has 0 spiro atoms. The van der Waals surface area contributed by atoms with E-state index in [9.17, 15) is 9.18 Å². The van der Waals surface area contributed by atoms with Crippen molar-refractivity contribution < 1.29 is 9.18 Å². The molecule has 1 fully saturated rings. The van der Waals surface area contributed by atoms with Gasteiger partial charge in [0.15, 0.2) is 0 Å². The van der Waals surface area contributed by atoms with Crippen LogP contribution in [0.15, 0.2) is 24.3 Å². The summed E-state index contributed by atoms with van der Waals surface area (Å²) >= 11 is 0. The van der Waals surface area contributed by atoms with Gasteiger partial charge >= 0.3 is 0 Å². The van der Waals surface area contributed by atoms with Crippen molar-refractivity contribution in [2.24, 2.45) is 0 Å². The number of hydrogen-bond acceptors (Lipinski definition) is 3. The van der Waals surface area contributed by atoms with E-state index in [1.165, 1.54) is 6.07 Å². The van der Waals surface area contributed by atoms with Crippen LogP contribution < -0.4 is 10.6 Å². The molecule has 1 heterocycles. The van der Waals surface area contributed by atoms with Gasteiger partial charge in [0, 0.05) is 31.7 Å². The molecule has 2 rings (SSSR count). The Balaban J connectivity index is 0.00000242. The monoisotopic (exact) mass is 329 g/mol. The Morgan fingerprint density at radius 1 is 1.55 bits per heavy atom. The normalized spacial score (nSPS) is 20.0. The van der Waals surface area contributed by atoms with Crippen molar-refractivity contribution in [1.29, 1.82) is 0 Å². The first-order valence-corrected chi connectivity index (χ1v) is 7.59. The molecule has 0 radical (unpaired) electrons. The molecule has 2 unspecified atom stereocenters. The molecule has 1 amide bonds. The third-order valence-electron chi connectivity index (χ3n) is 3.95. The lowest BCUT2D eigenvalue weighted by Crippen LogP contribution is -2.50. The van der Waals surface area contributed by atoms with Crippen LogP contribution in [-0.4, -0.2) is 43.0 Å². The number of hydrogen-bond donors (Lipinski definition) is 2. The minimum Gasteiger partial charge on any atom is -0.353 e. The maximum absolute atomic E-state index is 13.4. The molecule has 124 valence electrons. The highest BCUT2D eigenvalue weighted by atomic mass is 35.5. The zero-order chi connectivity index (χ0) is 15.2. The summed E-state index contributed by atoms with van der Waals surface area (Å²) in [5.74, 6) is -0.199. The largest absolute Gasteiger partial charge is 0.353 e. The molecule has 0 saturated carbocycles. The summed E-state index contributed by atoms with van der Waals surface area (Å²) in [5.41, 5.74) is 0.915. The van der Waals surface area contributed by atoms with E-state index in [1.54, 1.807) is 12.1 Å². The molecule has 1 aromatic carbocycles. The highest BCUT2D eigenvalue weighted by Gasteiger charge is 2.25. The fourth-order valence-electron chi connectivity index (χ4n) is 2.59. The van der Waals surface area contributed by atoms with E-state index in [0.717, 1.165) is 31.6 Å². The smallest absolute Gasteiger partial charge is 0.234 e. The fraction of sp³-hybridized carbons (Fsp3) is 0.562. The van der Waals surface area contributed by atoms with Gasteiger partial charge in [-0.1, -0.05) is 19.1 Å². The van der Waals surface area contributed by atoms with Crippen molar-refractivity contribution in [2.45, 2.75) is 32.4 Å². The van der Waals surface area contributed by atoms with Crippen LogP contribution in [0.1, 0.15) is 31.9 Å². The summed E-state index contributed by atoms with van der Waals surface area (Å²) in [4.78, 5) is 14.2. The van der Waals surface area contributed by atoms with Gasteiger partial charge in [0.25, 0.3) is 0 Å². The standard InChI is InChI=1S/C16H24FN3O.ClH/c1-3-12(2)19-16(21)11-20-8-7-18-10-15(20)13-5-4-6-14(17)9-13;/h4-6,9,12,15,18H,3,7-8,10-11H2,1-2H3,(H,19,21);1H. The minimum atomic E-state index is -0.234. The van der Waals surface area contributed by atoms with Gasteiger partial charge < -0.3 is 10.6 Å². The SMILES string of the molecule is CCC(C)NC(=O)CN1CCNCC1c1cccc(F)c1.Cl. The van der Waals surface area contributed by atoms with Gasteiger partial charge in [0.2, 0.25) is 5.91 Å². The number of rotatable bonds is 5. The summed E-state index contributed by atoms with van der Waals surface area (Å²) in [5, 5.41) is 6.30. The Bertz CT molecular complexity index is 486. The van der Waals surface area contributed by atoms with Gasteiger partial charge in [-0.2, -0.15) is 0 Å². The molecule has 1 aliphatic heterocycles. The maximum atomic E-state index is 13.4. The Labute approximate surface area is 137 Å². The summed E-state index contributed by atoms with van der Waals surface area (Å²) in [6, 6.07) is 6.86. The molecule has 1 aliphatic rings. The summed E-state index contributed by atoms with van der Waals surface area (Å²) in [7, 11) is 0. The number of halogens is 2. The number of carbonyl (C=O) groups excluding carboxylic acids is 1. The highest BCUT2D eigenvalue weighted by Crippen LogP contribution is 2.22. The lowest BCUT2D eigenvalue weighted by atomic mass is 10.0. The molecule has 22 heavy (non-hydrogen) atoms. The zero-order valence-electron chi connectivity index (χ0n) is 13.1. The number of benzene rings is 1. The van der Waals surface area contributed by atoms with Crippen molar-refractivity contribution >= 4 is 18.3 Å². The van der Waals surface area contributed by atoms with Crippen LogP contribution in [0.4, 0.5) is 4.39 Å². The van der Waals surface area contributed by atoms with Gasteiger partial charge in [0.1, 0.15) is 5.82 Å². The fourth-order valence-corrected chi connectivity index (χ4v) is 2.59. The highest BCUT2D eigenvalue weighted by molar-refractivity contribution is 5.85. The van der Waals surface area contributed by atoms with E-state index >= 15 is 0 Å². The minimum absolute atomic E-state index is 0. The Hall–Kier alpha value is -1.17. The second kappa shape index (κ2) is 9.08. The van der Waals surface area contributed by atoms with E-state index in [1.807, 2.05) is 19.9 Å². The average Bonchev–Trinajstić information content (AvgIpc) is 2.47. The molecular weight excluding hydrogens is 305 g/mol. The van der Waals surface area contributed by atoms with Crippen LogP contribution >= 0.6 is 12.4 Å². The molecule has 6 heteroatoms. The molecular formula is C16H25ClFN3O. The number of nitrogens with zero attached hydrogens (tertiary/aromatic N) is 1. The van der Waals surface area contributed by atoms with Gasteiger partial charge in [-0.05, 0) is 31.0 Å². The molecule has 0 aliphatic carbocycles. The molecule has 4 nitrogen and oxygen atoms in total. The average molecular weight is 330 g/mol. The van der Waals surface area contributed by atoms with Gasteiger partial charge in [-0.15, -0.1) is 12.4 Å². The predicted molar refractivity (Wildman–Crippen MR) is 88.7 cm³/mol. The van der Waals surface area contributed by atoms with Crippen LogP contribution in [0, 0.1) is 5.82 Å². The van der Waals surface area contributed by atoms with E-state index in [0.29, 0.717) is 6.54 Å². The van der Waals surface area contributed by atoms with Crippen molar-refractivity contribution in [3.8, 4) is 0 Å². The molecule has 1 aromatic rings. The Morgan fingerprint density at radius 3 is 3.00 bits per heavy atom. The molecule has 2 N–H and O–H groups in total. The summed E-state index contributed by atoms with van der Waals surface area (Å²) in [6.07, 6.45) is 0.917.